The molecule has 0 fully saturated rings. The van der Waals surface area contributed by atoms with Crippen LogP contribution in [0.15, 0.2) is 48.7 Å². The van der Waals surface area contributed by atoms with Crippen molar-refractivity contribution in [2.24, 2.45) is 0 Å². The maximum Gasteiger partial charge on any atom is 0.138 e. The number of aromatic nitrogens is 2. The number of imidazole rings is 1. The van der Waals surface area contributed by atoms with E-state index in [-0.39, 0.29) is 0 Å². The van der Waals surface area contributed by atoms with Gasteiger partial charge in [-0.2, -0.15) is 0 Å². The molecular weight excluding hydrogens is 283 g/mol. The third-order valence-electron chi connectivity index (χ3n) is 2.74. The lowest BCUT2D eigenvalue weighted by atomic mass is 10.3. The van der Waals surface area contributed by atoms with Crippen LogP contribution in [0.4, 0.5) is 0 Å². The molecule has 0 saturated heterocycles. The second-order valence-electron chi connectivity index (χ2n) is 4.04. The van der Waals surface area contributed by atoms with Gasteiger partial charge < -0.3 is 4.74 Å². The van der Waals surface area contributed by atoms with Crippen molar-refractivity contribution in [3.8, 4) is 5.75 Å². The smallest absolute Gasteiger partial charge is 0.138 e. The maximum absolute atomic E-state index is 6.16. The van der Waals surface area contributed by atoms with Gasteiger partial charge in [-0.1, -0.05) is 35.3 Å². The van der Waals surface area contributed by atoms with Gasteiger partial charge in [-0.05, 0) is 30.3 Å². The molecular formula is C14H10Cl2N2O. The van der Waals surface area contributed by atoms with Crippen molar-refractivity contribution in [3.63, 3.8) is 0 Å². The topological polar surface area (TPSA) is 26.5 Å². The van der Waals surface area contributed by atoms with E-state index in [1.54, 1.807) is 18.3 Å². The van der Waals surface area contributed by atoms with Crippen molar-refractivity contribution < 1.29 is 4.74 Å². The van der Waals surface area contributed by atoms with Crippen molar-refractivity contribution in [1.82, 2.24) is 9.38 Å². The van der Waals surface area contributed by atoms with Crippen LogP contribution in [0.2, 0.25) is 10.2 Å². The van der Waals surface area contributed by atoms with E-state index in [4.69, 9.17) is 27.9 Å². The lowest BCUT2D eigenvalue weighted by Crippen LogP contribution is -2.00. The van der Waals surface area contributed by atoms with Crippen LogP contribution in [0.25, 0.3) is 5.65 Å². The Hall–Kier alpha value is -1.71. The highest BCUT2D eigenvalue weighted by atomic mass is 35.5. The van der Waals surface area contributed by atoms with E-state index in [1.807, 2.05) is 34.7 Å². The number of nitrogens with zero attached hydrogens (tertiary/aromatic N) is 2. The highest BCUT2D eigenvalue weighted by Gasteiger charge is 2.06. The van der Waals surface area contributed by atoms with E-state index in [1.165, 1.54) is 0 Å². The van der Waals surface area contributed by atoms with Gasteiger partial charge in [0, 0.05) is 5.02 Å². The summed E-state index contributed by atoms with van der Waals surface area (Å²) in [5.41, 5.74) is 1.69. The molecule has 0 aliphatic heterocycles. The molecule has 3 aromatic rings. The van der Waals surface area contributed by atoms with Gasteiger partial charge in [0.2, 0.25) is 0 Å². The molecule has 0 spiro atoms. The number of hydrogen-bond donors (Lipinski definition) is 0. The van der Waals surface area contributed by atoms with E-state index in [2.05, 4.69) is 4.98 Å². The third-order valence-corrected chi connectivity index (χ3v) is 3.27. The molecule has 1 aromatic carbocycles. The summed E-state index contributed by atoms with van der Waals surface area (Å²) in [7, 11) is 0. The Labute approximate surface area is 120 Å². The van der Waals surface area contributed by atoms with Crippen LogP contribution < -0.4 is 4.74 Å². The Bertz CT molecular complexity index is 724. The first-order valence-corrected chi connectivity index (χ1v) is 6.49. The molecule has 2 heterocycles. The molecule has 5 heteroatoms. The first-order chi connectivity index (χ1) is 9.24. The van der Waals surface area contributed by atoms with E-state index >= 15 is 0 Å². The summed E-state index contributed by atoms with van der Waals surface area (Å²) in [5, 5.41) is 1.26. The second kappa shape index (κ2) is 5.11. The maximum atomic E-state index is 6.16. The summed E-state index contributed by atoms with van der Waals surface area (Å²) in [6.07, 6.45) is 1.76. The van der Waals surface area contributed by atoms with Crippen LogP contribution in [0.1, 0.15) is 5.69 Å². The lowest BCUT2D eigenvalue weighted by Gasteiger charge is -2.07. The fourth-order valence-corrected chi connectivity index (χ4v) is 2.32. The minimum absolute atomic E-state index is 0.380. The largest absolute Gasteiger partial charge is 0.487 e. The zero-order chi connectivity index (χ0) is 13.2. The number of rotatable bonds is 3. The molecule has 3 rings (SSSR count). The summed E-state index contributed by atoms with van der Waals surface area (Å²) in [6, 6.07) is 12.9. The minimum atomic E-state index is 0.380. The van der Waals surface area contributed by atoms with Crippen molar-refractivity contribution in [3.05, 3.63) is 64.5 Å². The van der Waals surface area contributed by atoms with Crippen LogP contribution in [0, 0.1) is 0 Å². The third kappa shape index (κ3) is 2.53. The highest BCUT2D eigenvalue weighted by Crippen LogP contribution is 2.20. The van der Waals surface area contributed by atoms with Crippen molar-refractivity contribution >= 4 is 28.8 Å². The molecule has 0 unspecified atom stereocenters. The van der Waals surface area contributed by atoms with Crippen molar-refractivity contribution in [1.29, 1.82) is 0 Å². The van der Waals surface area contributed by atoms with Crippen LogP contribution in [0.5, 0.6) is 5.75 Å². The molecule has 19 heavy (non-hydrogen) atoms. The SMILES string of the molecule is Clc1cccc(OCc2cnc3cccc(Cl)n23)c1. The summed E-state index contributed by atoms with van der Waals surface area (Å²) in [4.78, 5) is 4.28. The summed E-state index contributed by atoms with van der Waals surface area (Å²) in [5.74, 6) is 0.717. The number of pyridine rings is 1. The minimum Gasteiger partial charge on any atom is -0.487 e. The zero-order valence-electron chi connectivity index (χ0n) is 9.88. The Morgan fingerprint density at radius 3 is 2.79 bits per heavy atom. The Morgan fingerprint density at radius 2 is 1.95 bits per heavy atom. The van der Waals surface area contributed by atoms with Gasteiger partial charge in [-0.15, -0.1) is 0 Å². The monoisotopic (exact) mass is 292 g/mol. The first kappa shape index (κ1) is 12.3. The lowest BCUT2D eigenvalue weighted by molar-refractivity contribution is 0.300. The molecule has 0 atom stereocenters. The molecule has 0 saturated carbocycles. The average molecular weight is 293 g/mol. The van der Waals surface area contributed by atoms with E-state index < -0.39 is 0 Å². The Morgan fingerprint density at radius 1 is 1.11 bits per heavy atom. The fourth-order valence-electron chi connectivity index (χ4n) is 1.87. The summed E-state index contributed by atoms with van der Waals surface area (Å²) >= 11 is 12.1. The number of benzene rings is 1. The molecule has 96 valence electrons. The van der Waals surface area contributed by atoms with Gasteiger partial charge in [0.25, 0.3) is 0 Å². The molecule has 2 aromatic heterocycles. The van der Waals surface area contributed by atoms with E-state index in [9.17, 15) is 0 Å². The predicted octanol–water partition coefficient (Wildman–Crippen LogP) is 4.22. The Kier molecular flexibility index (Phi) is 3.32. The molecule has 0 amide bonds. The quantitative estimate of drug-likeness (QED) is 0.676. The number of fused-ring (bicyclic) bond motifs is 1. The number of hydrogen-bond acceptors (Lipinski definition) is 2. The fraction of sp³-hybridized carbons (Fsp3) is 0.0714. The standard InChI is InChI=1S/C14H10Cl2N2O/c15-10-3-1-4-12(7-10)19-9-11-8-17-14-6-2-5-13(16)18(11)14/h1-8H,9H2. The molecule has 0 bridgehead atoms. The molecule has 3 nitrogen and oxygen atoms in total. The van der Waals surface area contributed by atoms with Gasteiger partial charge in [0.15, 0.2) is 0 Å². The summed E-state index contributed by atoms with van der Waals surface area (Å²) in [6.45, 7) is 0.380. The van der Waals surface area contributed by atoms with Crippen molar-refractivity contribution in [2.45, 2.75) is 6.61 Å². The Balaban J connectivity index is 1.86. The van der Waals surface area contributed by atoms with E-state index in [0.717, 1.165) is 17.1 Å². The highest BCUT2D eigenvalue weighted by molar-refractivity contribution is 6.30. The van der Waals surface area contributed by atoms with Gasteiger partial charge in [0.1, 0.15) is 23.2 Å². The molecule has 0 aliphatic carbocycles. The van der Waals surface area contributed by atoms with Crippen molar-refractivity contribution in [2.75, 3.05) is 0 Å². The molecule has 0 N–H and O–H groups in total. The second-order valence-corrected chi connectivity index (χ2v) is 4.86. The van der Waals surface area contributed by atoms with Crippen LogP contribution in [-0.4, -0.2) is 9.38 Å². The average Bonchev–Trinajstić information content (AvgIpc) is 2.81. The molecule has 0 aliphatic rings. The van der Waals surface area contributed by atoms with Gasteiger partial charge in [-0.3, -0.25) is 4.40 Å². The normalized spacial score (nSPS) is 10.8. The molecule has 0 radical (unpaired) electrons. The van der Waals surface area contributed by atoms with Gasteiger partial charge in [-0.25, -0.2) is 4.98 Å². The van der Waals surface area contributed by atoms with Crippen LogP contribution in [-0.2, 0) is 6.61 Å². The van der Waals surface area contributed by atoms with Crippen LogP contribution in [0.3, 0.4) is 0 Å². The number of halogens is 2. The number of ether oxygens (including phenoxy) is 1. The van der Waals surface area contributed by atoms with Gasteiger partial charge >= 0.3 is 0 Å². The van der Waals surface area contributed by atoms with Gasteiger partial charge in [0.05, 0.1) is 11.9 Å². The van der Waals surface area contributed by atoms with E-state index in [0.29, 0.717) is 16.8 Å². The zero-order valence-corrected chi connectivity index (χ0v) is 11.4. The summed E-state index contributed by atoms with van der Waals surface area (Å²) < 4.78 is 7.54. The van der Waals surface area contributed by atoms with Crippen LogP contribution >= 0.6 is 23.2 Å². The predicted molar refractivity (Wildman–Crippen MR) is 76.0 cm³/mol. The first-order valence-electron chi connectivity index (χ1n) is 5.73.